The lowest BCUT2D eigenvalue weighted by molar-refractivity contribution is -0.116. The molecule has 3 N–H and O–H groups in total. The Hall–Kier alpha value is -3.60. The Bertz CT molecular complexity index is 1260. The lowest BCUT2D eigenvalue weighted by Crippen LogP contribution is -2.32. The quantitative estimate of drug-likeness (QED) is 0.237. The molecule has 0 saturated heterocycles. The Morgan fingerprint density at radius 1 is 1.08 bits per heavy atom. The van der Waals surface area contributed by atoms with Crippen LogP contribution in [0.15, 0.2) is 61.1 Å². The van der Waals surface area contributed by atoms with Crippen molar-refractivity contribution >= 4 is 39.9 Å². The lowest BCUT2D eigenvalue weighted by atomic mass is 10.2. The number of nitrogens with one attached hydrogen (secondary N) is 3. The summed E-state index contributed by atoms with van der Waals surface area (Å²) >= 11 is 6.07. The van der Waals surface area contributed by atoms with Gasteiger partial charge in [0.1, 0.15) is 5.82 Å². The third-order valence-corrected chi connectivity index (χ3v) is 5.81. The molecule has 3 heterocycles. The number of nitrogens with zero attached hydrogens (tertiary/aromatic N) is 6. The fraction of sp³-hybridized carbons (Fsp3) is 0.320. The maximum Gasteiger partial charge on any atom is 0.227 e. The summed E-state index contributed by atoms with van der Waals surface area (Å²) in [6, 6.07) is 13.1. The summed E-state index contributed by atoms with van der Waals surface area (Å²) in [6.07, 6.45) is 5.60. The molecule has 0 radical (unpaired) electrons. The van der Waals surface area contributed by atoms with Crippen molar-refractivity contribution in [2.24, 2.45) is 0 Å². The number of fused-ring (bicyclic) bond motifs is 1. The highest BCUT2D eigenvalue weighted by Gasteiger charge is 2.07. The molecule has 0 spiro atoms. The van der Waals surface area contributed by atoms with Crippen LogP contribution in [-0.4, -0.2) is 69.0 Å². The summed E-state index contributed by atoms with van der Waals surface area (Å²) in [4.78, 5) is 22.8. The van der Waals surface area contributed by atoms with E-state index in [2.05, 4.69) is 48.2 Å². The SMILES string of the molecule is CN(CCNCc1cn(CCC(=O)Nc2ccccn2)nn1)CCNc1ccnc2cc(Cl)ccc12. The van der Waals surface area contributed by atoms with Crippen LogP contribution in [0, 0.1) is 0 Å². The standard InChI is InChI=1S/C25H30ClN9O/c1-34(15-12-29-22-7-10-28-23-16-19(26)5-6-21(22)23)14-11-27-17-20-18-35(33-32-20)13-8-25(36)31-24-4-2-3-9-30-24/h2-7,9-10,16,18,27H,8,11-15,17H2,1H3,(H,28,29)(H,30,31,36). The molecular formula is C25H30ClN9O. The number of amides is 1. The zero-order valence-electron chi connectivity index (χ0n) is 20.2. The van der Waals surface area contributed by atoms with E-state index in [1.165, 1.54) is 0 Å². The fourth-order valence-corrected chi connectivity index (χ4v) is 3.81. The van der Waals surface area contributed by atoms with E-state index >= 15 is 0 Å². The highest BCUT2D eigenvalue weighted by atomic mass is 35.5. The molecule has 1 aromatic carbocycles. The normalized spacial score (nSPS) is 11.2. The van der Waals surface area contributed by atoms with Gasteiger partial charge in [-0.05, 0) is 43.4 Å². The van der Waals surface area contributed by atoms with Crippen molar-refractivity contribution in [1.29, 1.82) is 0 Å². The highest BCUT2D eigenvalue weighted by Crippen LogP contribution is 2.24. The number of hydrogen-bond donors (Lipinski definition) is 3. The number of hydrogen-bond acceptors (Lipinski definition) is 8. The Kier molecular flexibility index (Phi) is 9.15. The van der Waals surface area contributed by atoms with Crippen LogP contribution in [0.2, 0.25) is 5.02 Å². The van der Waals surface area contributed by atoms with Gasteiger partial charge in [-0.25, -0.2) is 4.98 Å². The van der Waals surface area contributed by atoms with Crippen LogP contribution in [0.3, 0.4) is 0 Å². The number of likely N-dealkylation sites (N-methyl/N-ethyl adjacent to an activating group) is 1. The molecule has 188 valence electrons. The largest absolute Gasteiger partial charge is 0.383 e. The Labute approximate surface area is 215 Å². The lowest BCUT2D eigenvalue weighted by Gasteiger charge is -2.18. The Balaban J connectivity index is 1.10. The number of rotatable bonds is 13. The predicted octanol–water partition coefficient (Wildman–Crippen LogP) is 3.04. The third-order valence-electron chi connectivity index (χ3n) is 5.58. The van der Waals surface area contributed by atoms with Crippen molar-refractivity contribution in [3.05, 3.63) is 71.8 Å². The number of halogens is 1. The van der Waals surface area contributed by atoms with Crippen LogP contribution in [0.4, 0.5) is 11.5 Å². The molecular weight excluding hydrogens is 478 g/mol. The average Bonchev–Trinajstić information content (AvgIpc) is 3.34. The van der Waals surface area contributed by atoms with Gasteiger partial charge in [-0.15, -0.1) is 5.10 Å². The molecule has 0 aliphatic rings. The predicted molar refractivity (Wildman–Crippen MR) is 142 cm³/mol. The molecule has 0 saturated carbocycles. The Morgan fingerprint density at radius 2 is 1.97 bits per heavy atom. The smallest absolute Gasteiger partial charge is 0.227 e. The van der Waals surface area contributed by atoms with E-state index in [9.17, 15) is 4.79 Å². The highest BCUT2D eigenvalue weighted by molar-refractivity contribution is 6.31. The molecule has 1 amide bonds. The van der Waals surface area contributed by atoms with Gasteiger partial charge in [0.25, 0.3) is 0 Å². The van der Waals surface area contributed by atoms with Crippen molar-refractivity contribution in [2.75, 3.05) is 43.9 Å². The van der Waals surface area contributed by atoms with Gasteiger partial charge in [0.05, 0.1) is 17.8 Å². The average molecular weight is 508 g/mol. The van der Waals surface area contributed by atoms with Gasteiger partial charge in [-0.3, -0.25) is 14.5 Å². The van der Waals surface area contributed by atoms with Crippen molar-refractivity contribution in [1.82, 2.24) is 35.2 Å². The molecule has 0 bridgehead atoms. The molecule has 0 aliphatic carbocycles. The van der Waals surface area contributed by atoms with Crippen LogP contribution < -0.4 is 16.0 Å². The van der Waals surface area contributed by atoms with E-state index in [4.69, 9.17) is 11.6 Å². The van der Waals surface area contributed by atoms with Gasteiger partial charge < -0.3 is 20.9 Å². The summed E-state index contributed by atoms with van der Waals surface area (Å²) in [5.74, 6) is 0.436. The number of benzene rings is 1. The first-order chi connectivity index (χ1) is 17.6. The number of anilines is 2. The molecule has 0 atom stereocenters. The number of aryl methyl sites for hydroxylation is 1. The van der Waals surface area contributed by atoms with E-state index in [0.29, 0.717) is 30.4 Å². The number of pyridine rings is 2. The molecule has 0 aliphatic heterocycles. The van der Waals surface area contributed by atoms with Crippen molar-refractivity contribution in [2.45, 2.75) is 19.5 Å². The second-order valence-corrected chi connectivity index (χ2v) is 8.85. The zero-order chi connectivity index (χ0) is 25.2. The topological polar surface area (TPSA) is 113 Å². The summed E-state index contributed by atoms with van der Waals surface area (Å²) in [5, 5.41) is 19.7. The maximum atomic E-state index is 12.1. The summed E-state index contributed by atoms with van der Waals surface area (Å²) < 4.78 is 1.68. The van der Waals surface area contributed by atoms with Crippen LogP contribution in [-0.2, 0) is 17.9 Å². The van der Waals surface area contributed by atoms with Crippen molar-refractivity contribution in [3.8, 4) is 0 Å². The summed E-state index contributed by atoms with van der Waals surface area (Å²) in [7, 11) is 2.10. The molecule has 3 aromatic heterocycles. The minimum absolute atomic E-state index is 0.108. The van der Waals surface area contributed by atoms with Crippen molar-refractivity contribution < 1.29 is 4.79 Å². The summed E-state index contributed by atoms with van der Waals surface area (Å²) in [5.41, 5.74) is 2.78. The zero-order valence-corrected chi connectivity index (χ0v) is 20.9. The van der Waals surface area contributed by atoms with Gasteiger partial charge in [-0.1, -0.05) is 22.9 Å². The van der Waals surface area contributed by atoms with E-state index in [-0.39, 0.29) is 5.91 Å². The van der Waals surface area contributed by atoms with E-state index in [0.717, 1.165) is 48.5 Å². The van der Waals surface area contributed by atoms with Gasteiger partial charge in [-0.2, -0.15) is 0 Å². The van der Waals surface area contributed by atoms with Crippen LogP contribution >= 0.6 is 11.6 Å². The minimum atomic E-state index is -0.108. The van der Waals surface area contributed by atoms with E-state index in [1.807, 2.05) is 36.5 Å². The van der Waals surface area contributed by atoms with Crippen LogP contribution in [0.25, 0.3) is 10.9 Å². The van der Waals surface area contributed by atoms with Gasteiger partial charge >= 0.3 is 0 Å². The molecule has 36 heavy (non-hydrogen) atoms. The van der Waals surface area contributed by atoms with Crippen LogP contribution in [0.1, 0.15) is 12.1 Å². The van der Waals surface area contributed by atoms with E-state index in [1.54, 1.807) is 29.2 Å². The first-order valence-corrected chi connectivity index (χ1v) is 12.2. The maximum absolute atomic E-state index is 12.1. The first kappa shape index (κ1) is 25.5. The first-order valence-electron chi connectivity index (χ1n) is 11.8. The molecule has 11 heteroatoms. The Morgan fingerprint density at radius 3 is 2.83 bits per heavy atom. The minimum Gasteiger partial charge on any atom is -0.383 e. The monoisotopic (exact) mass is 507 g/mol. The molecule has 0 fully saturated rings. The molecule has 4 aromatic rings. The van der Waals surface area contributed by atoms with Crippen molar-refractivity contribution in [3.63, 3.8) is 0 Å². The molecule has 4 rings (SSSR count). The number of carbonyl (C=O) groups is 1. The molecule has 0 unspecified atom stereocenters. The molecule has 10 nitrogen and oxygen atoms in total. The summed E-state index contributed by atoms with van der Waals surface area (Å²) in [6.45, 7) is 4.53. The van der Waals surface area contributed by atoms with Gasteiger partial charge in [0.15, 0.2) is 0 Å². The van der Waals surface area contributed by atoms with Crippen LogP contribution in [0.5, 0.6) is 0 Å². The van der Waals surface area contributed by atoms with E-state index < -0.39 is 0 Å². The van der Waals surface area contributed by atoms with Gasteiger partial charge in [0.2, 0.25) is 5.91 Å². The second-order valence-electron chi connectivity index (χ2n) is 8.41. The second kappa shape index (κ2) is 12.9. The number of carbonyl (C=O) groups excluding carboxylic acids is 1. The fourth-order valence-electron chi connectivity index (χ4n) is 3.64. The van der Waals surface area contributed by atoms with Gasteiger partial charge in [0, 0.05) is 73.8 Å². The third kappa shape index (κ3) is 7.70. The number of aromatic nitrogens is 5.